The summed E-state index contributed by atoms with van der Waals surface area (Å²) in [6.07, 6.45) is 0. The van der Waals surface area contributed by atoms with Gasteiger partial charge in [-0.25, -0.2) is 5.10 Å². The molecule has 6 heteroatoms. The zero-order chi connectivity index (χ0) is 13.1. The Morgan fingerprint density at radius 3 is 2.72 bits per heavy atom. The summed E-state index contributed by atoms with van der Waals surface area (Å²) in [5, 5.41) is 8.57. The van der Waals surface area contributed by atoms with E-state index in [1.807, 2.05) is 19.1 Å². The van der Waals surface area contributed by atoms with Crippen LogP contribution in [-0.2, 0) is 0 Å². The van der Waals surface area contributed by atoms with Crippen LogP contribution in [0.25, 0.3) is 0 Å². The fraction of sp³-hybridized carbons (Fsp3) is 0.0833. The number of H-pyrrole nitrogens is 1. The molecule has 0 bridgehead atoms. The summed E-state index contributed by atoms with van der Waals surface area (Å²) in [4.78, 5) is 22.6. The van der Waals surface area contributed by atoms with Gasteiger partial charge in [0.1, 0.15) is 5.69 Å². The van der Waals surface area contributed by atoms with E-state index >= 15 is 0 Å². The van der Waals surface area contributed by atoms with Gasteiger partial charge in [0.2, 0.25) is 0 Å². The molecular formula is C12H10BrN3O2. The van der Waals surface area contributed by atoms with Crippen molar-refractivity contribution in [1.82, 2.24) is 10.2 Å². The highest BCUT2D eigenvalue weighted by Crippen LogP contribution is 2.20. The molecule has 0 saturated carbocycles. The number of benzene rings is 1. The number of aromatic amines is 1. The van der Waals surface area contributed by atoms with E-state index in [9.17, 15) is 9.59 Å². The first kappa shape index (κ1) is 12.5. The second kappa shape index (κ2) is 5.14. The van der Waals surface area contributed by atoms with Gasteiger partial charge in [0.25, 0.3) is 11.5 Å². The van der Waals surface area contributed by atoms with Gasteiger partial charge in [-0.1, -0.05) is 15.9 Å². The monoisotopic (exact) mass is 307 g/mol. The minimum Gasteiger partial charge on any atom is -0.321 e. The zero-order valence-corrected chi connectivity index (χ0v) is 11.1. The summed E-state index contributed by atoms with van der Waals surface area (Å²) in [6.45, 7) is 1.93. The predicted octanol–water partition coefficient (Wildman–Crippen LogP) is 2.09. The van der Waals surface area contributed by atoms with Gasteiger partial charge in [-0.2, -0.15) is 5.10 Å². The Labute approximate surface area is 111 Å². The summed E-state index contributed by atoms with van der Waals surface area (Å²) >= 11 is 3.38. The first-order valence-corrected chi connectivity index (χ1v) is 5.99. The summed E-state index contributed by atoms with van der Waals surface area (Å²) in [5.41, 5.74) is 1.51. The number of nitrogens with one attached hydrogen (secondary N) is 2. The SMILES string of the molecule is Cc1cc(NC(=O)c2ccc(=O)[nH]n2)ccc1Br. The first-order valence-electron chi connectivity index (χ1n) is 5.19. The van der Waals surface area contributed by atoms with Crippen molar-refractivity contribution in [3.63, 3.8) is 0 Å². The molecule has 1 aromatic heterocycles. The highest BCUT2D eigenvalue weighted by molar-refractivity contribution is 9.10. The van der Waals surface area contributed by atoms with Crippen molar-refractivity contribution in [2.24, 2.45) is 0 Å². The number of aromatic nitrogens is 2. The van der Waals surface area contributed by atoms with Gasteiger partial charge >= 0.3 is 0 Å². The maximum Gasteiger partial charge on any atom is 0.276 e. The van der Waals surface area contributed by atoms with Crippen LogP contribution in [0.3, 0.4) is 0 Å². The molecule has 2 N–H and O–H groups in total. The molecule has 0 radical (unpaired) electrons. The average molecular weight is 308 g/mol. The predicted molar refractivity (Wildman–Crippen MR) is 71.7 cm³/mol. The van der Waals surface area contributed by atoms with Crippen LogP contribution in [0.2, 0.25) is 0 Å². The van der Waals surface area contributed by atoms with Crippen molar-refractivity contribution < 1.29 is 4.79 Å². The maximum absolute atomic E-state index is 11.8. The highest BCUT2D eigenvalue weighted by atomic mass is 79.9. The molecule has 2 aromatic rings. The Morgan fingerprint density at radius 1 is 1.33 bits per heavy atom. The largest absolute Gasteiger partial charge is 0.321 e. The molecule has 0 spiro atoms. The van der Waals surface area contributed by atoms with E-state index in [4.69, 9.17) is 0 Å². The molecule has 1 amide bonds. The topological polar surface area (TPSA) is 74.8 Å². The number of rotatable bonds is 2. The molecule has 0 aliphatic rings. The molecule has 0 aliphatic heterocycles. The standard InChI is InChI=1S/C12H10BrN3O2/c1-7-6-8(2-3-9(7)13)14-12(18)10-4-5-11(17)16-15-10/h2-6H,1H3,(H,14,18)(H,16,17). The quantitative estimate of drug-likeness (QED) is 0.892. The van der Waals surface area contributed by atoms with Gasteiger partial charge in [-0.15, -0.1) is 0 Å². The van der Waals surface area contributed by atoms with Crippen LogP contribution in [-0.4, -0.2) is 16.1 Å². The smallest absolute Gasteiger partial charge is 0.276 e. The van der Waals surface area contributed by atoms with Crippen molar-refractivity contribution in [3.05, 3.63) is 56.4 Å². The van der Waals surface area contributed by atoms with Crippen LogP contribution in [0.4, 0.5) is 5.69 Å². The van der Waals surface area contributed by atoms with Crippen LogP contribution in [0.1, 0.15) is 16.1 Å². The lowest BCUT2D eigenvalue weighted by Gasteiger charge is -2.06. The van der Waals surface area contributed by atoms with Gasteiger partial charge in [0.05, 0.1) is 0 Å². The average Bonchev–Trinajstić information content (AvgIpc) is 2.34. The Bertz CT molecular complexity index is 632. The Balaban J connectivity index is 2.18. The molecule has 0 saturated heterocycles. The van der Waals surface area contributed by atoms with E-state index in [-0.39, 0.29) is 17.2 Å². The lowest BCUT2D eigenvalue weighted by Crippen LogP contribution is -2.17. The molecule has 0 unspecified atom stereocenters. The molecule has 0 aliphatic carbocycles. The fourth-order valence-corrected chi connectivity index (χ4v) is 1.64. The normalized spacial score (nSPS) is 10.1. The number of carbonyl (C=O) groups is 1. The van der Waals surface area contributed by atoms with Gasteiger partial charge < -0.3 is 5.32 Å². The van der Waals surface area contributed by atoms with Crippen molar-refractivity contribution in [2.45, 2.75) is 6.92 Å². The number of anilines is 1. The summed E-state index contributed by atoms with van der Waals surface area (Å²) in [5.74, 6) is -0.368. The van der Waals surface area contributed by atoms with E-state index in [1.165, 1.54) is 12.1 Å². The highest BCUT2D eigenvalue weighted by Gasteiger charge is 2.08. The molecule has 1 aromatic carbocycles. The van der Waals surface area contributed by atoms with Crippen molar-refractivity contribution >= 4 is 27.5 Å². The molecule has 18 heavy (non-hydrogen) atoms. The summed E-state index contributed by atoms with van der Waals surface area (Å²) in [7, 11) is 0. The van der Waals surface area contributed by atoms with Gasteiger partial charge in [-0.3, -0.25) is 9.59 Å². The van der Waals surface area contributed by atoms with Gasteiger partial charge in [0, 0.05) is 16.2 Å². The molecule has 92 valence electrons. The van der Waals surface area contributed by atoms with Gasteiger partial charge in [0.15, 0.2) is 0 Å². The minimum atomic E-state index is -0.368. The third kappa shape index (κ3) is 2.84. The number of halogens is 1. The number of carbonyl (C=O) groups excluding carboxylic acids is 1. The zero-order valence-electron chi connectivity index (χ0n) is 9.53. The van der Waals surface area contributed by atoms with Crippen molar-refractivity contribution in [3.8, 4) is 0 Å². The fourth-order valence-electron chi connectivity index (χ4n) is 1.39. The third-order valence-electron chi connectivity index (χ3n) is 2.33. The second-order valence-corrected chi connectivity index (χ2v) is 4.58. The van der Waals surface area contributed by atoms with E-state index in [0.717, 1.165) is 10.0 Å². The Morgan fingerprint density at radius 2 is 2.11 bits per heavy atom. The van der Waals surface area contributed by atoms with E-state index in [2.05, 4.69) is 31.4 Å². The summed E-state index contributed by atoms with van der Waals surface area (Å²) in [6, 6.07) is 8.11. The third-order valence-corrected chi connectivity index (χ3v) is 3.22. The molecule has 2 rings (SSSR count). The number of hydrogen-bond acceptors (Lipinski definition) is 3. The maximum atomic E-state index is 11.8. The Hall–Kier alpha value is -1.95. The summed E-state index contributed by atoms with van der Waals surface area (Å²) < 4.78 is 0.975. The number of hydrogen-bond donors (Lipinski definition) is 2. The first-order chi connectivity index (χ1) is 8.56. The van der Waals surface area contributed by atoms with E-state index in [0.29, 0.717) is 5.69 Å². The molecule has 5 nitrogen and oxygen atoms in total. The lowest BCUT2D eigenvalue weighted by molar-refractivity contribution is 0.102. The van der Waals surface area contributed by atoms with Crippen LogP contribution >= 0.6 is 15.9 Å². The van der Waals surface area contributed by atoms with Gasteiger partial charge in [-0.05, 0) is 36.8 Å². The van der Waals surface area contributed by atoms with Crippen molar-refractivity contribution in [2.75, 3.05) is 5.32 Å². The minimum absolute atomic E-state index is 0.162. The molecule has 0 fully saturated rings. The Kier molecular flexibility index (Phi) is 3.57. The van der Waals surface area contributed by atoms with Crippen LogP contribution in [0.5, 0.6) is 0 Å². The molecule has 0 atom stereocenters. The van der Waals surface area contributed by atoms with E-state index < -0.39 is 0 Å². The van der Waals surface area contributed by atoms with Crippen molar-refractivity contribution in [1.29, 1.82) is 0 Å². The number of nitrogens with zero attached hydrogens (tertiary/aromatic N) is 1. The molecule has 1 heterocycles. The lowest BCUT2D eigenvalue weighted by atomic mass is 10.2. The second-order valence-electron chi connectivity index (χ2n) is 3.72. The number of aryl methyl sites for hydroxylation is 1. The van der Waals surface area contributed by atoms with Crippen LogP contribution < -0.4 is 10.9 Å². The van der Waals surface area contributed by atoms with E-state index in [1.54, 1.807) is 6.07 Å². The molecular weight excluding hydrogens is 298 g/mol. The number of amides is 1. The van der Waals surface area contributed by atoms with Crippen LogP contribution in [0, 0.1) is 6.92 Å². The van der Waals surface area contributed by atoms with Crippen LogP contribution in [0.15, 0.2) is 39.6 Å².